The third kappa shape index (κ3) is 6.29. The van der Waals surface area contributed by atoms with Crippen molar-refractivity contribution in [3.05, 3.63) is 48.5 Å². The number of nitrogens with two attached hydrogens (primary N) is 1. The number of amides is 2. The number of piperidine rings is 1. The highest BCUT2D eigenvalue weighted by atomic mass is 35.5. The Morgan fingerprint density at radius 1 is 1.20 bits per heavy atom. The Bertz CT molecular complexity index is 848. The molecule has 30 heavy (non-hydrogen) atoms. The predicted molar refractivity (Wildman–Crippen MR) is 119 cm³/mol. The van der Waals surface area contributed by atoms with Crippen molar-refractivity contribution in [2.75, 3.05) is 37.9 Å². The van der Waals surface area contributed by atoms with Crippen molar-refractivity contribution in [2.45, 2.75) is 19.3 Å². The number of hydrogen-bond acceptors (Lipinski definition) is 5. The molecular weight excluding hydrogens is 406 g/mol. The fourth-order valence-electron chi connectivity index (χ4n) is 3.41. The number of carbonyl (C=O) groups excluding carboxylic acids is 2. The number of ether oxygens (including phenoxy) is 2. The molecule has 2 aromatic carbocycles. The summed E-state index contributed by atoms with van der Waals surface area (Å²) in [6.45, 7) is 1.41. The zero-order chi connectivity index (χ0) is 20.6. The molecule has 1 unspecified atom stereocenters. The minimum atomic E-state index is -0.244. The maximum absolute atomic E-state index is 12.7. The van der Waals surface area contributed by atoms with Gasteiger partial charge in [0, 0.05) is 18.8 Å². The highest BCUT2D eigenvalue weighted by Gasteiger charge is 2.28. The fourth-order valence-corrected chi connectivity index (χ4v) is 3.41. The van der Waals surface area contributed by atoms with Gasteiger partial charge in [0.2, 0.25) is 11.8 Å². The van der Waals surface area contributed by atoms with Crippen LogP contribution in [0.3, 0.4) is 0 Å². The van der Waals surface area contributed by atoms with Crippen LogP contribution in [0.4, 0.5) is 11.4 Å². The molecule has 1 aliphatic heterocycles. The number of nitrogens with one attached hydrogen (secondary N) is 1. The van der Waals surface area contributed by atoms with E-state index >= 15 is 0 Å². The maximum Gasteiger partial charge on any atom is 0.229 e. The second kappa shape index (κ2) is 11.3. The van der Waals surface area contributed by atoms with Crippen molar-refractivity contribution in [1.29, 1.82) is 0 Å². The number of nitrogen functional groups attached to an aromatic ring is 1. The van der Waals surface area contributed by atoms with Gasteiger partial charge in [-0.05, 0) is 43.2 Å². The van der Waals surface area contributed by atoms with Crippen molar-refractivity contribution in [3.63, 3.8) is 0 Å². The van der Waals surface area contributed by atoms with Crippen molar-refractivity contribution in [2.24, 2.45) is 5.92 Å². The molecule has 7 nitrogen and oxygen atoms in total. The van der Waals surface area contributed by atoms with Crippen molar-refractivity contribution < 1.29 is 19.1 Å². The van der Waals surface area contributed by atoms with Gasteiger partial charge in [-0.25, -0.2) is 0 Å². The second-order valence-corrected chi connectivity index (χ2v) is 7.04. The molecule has 3 rings (SSSR count). The standard InChI is InChI=1S/C22H27N3O4.ClH/c1-28-20-10-9-17(14-19(20)23)24-22(27)16-6-5-12-25(15-16)21(26)11-13-29-18-7-3-2-4-8-18;/h2-4,7-10,14,16H,5-6,11-13,15,23H2,1H3,(H,24,27);1H. The molecule has 1 aliphatic rings. The average Bonchev–Trinajstić information content (AvgIpc) is 2.74. The molecule has 1 fully saturated rings. The Kier molecular flexibility index (Phi) is 8.80. The number of nitrogens with zero attached hydrogens (tertiary/aromatic N) is 1. The van der Waals surface area contributed by atoms with Gasteiger partial charge >= 0.3 is 0 Å². The average molecular weight is 434 g/mol. The predicted octanol–water partition coefficient (Wildman–Crippen LogP) is 3.35. The van der Waals surface area contributed by atoms with Crippen LogP contribution in [0, 0.1) is 5.92 Å². The van der Waals surface area contributed by atoms with Crippen molar-refractivity contribution in [1.82, 2.24) is 4.90 Å². The molecule has 3 N–H and O–H groups in total. The van der Waals surface area contributed by atoms with E-state index in [9.17, 15) is 9.59 Å². The topological polar surface area (TPSA) is 93.9 Å². The van der Waals surface area contributed by atoms with E-state index in [1.54, 1.807) is 30.2 Å². The monoisotopic (exact) mass is 433 g/mol. The summed E-state index contributed by atoms with van der Waals surface area (Å²) in [6.07, 6.45) is 1.84. The third-order valence-electron chi connectivity index (χ3n) is 4.97. The zero-order valence-electron chi connectivity index (χ0n) is 17.0. The quantitative estimate of drug-likeness (QED) is 0.653. The molecule has 2 amide bonds. The van der Waals surface area contributed by atoms with Crippen molar-refractivity contribution in [3.8, 4) is 11.5 Å². The number of likely N-dealkylation sites (tertiary alicyclic amines) is 1. The normalized spacial score (nSPS) is 15.6. The van der Waals surface area contributed by atoms with Gasteiger partial charge in [0.15, 0.2) is 0 Å². The van der Waals surface area contributed by atoms with E-state index in [1.165, 1.54) is 0 Å². The molecule has 0 aliphatic carbocycles. The van der Waals surface area contributed by atoms with Crippen LogP contribution in [0.2, 0.25) is 0 Å². The molecule has 0 aromatic heterocycles. The minimum absolute atomic E-state index is 0. The van der Waals surface area contributed by atoms with Crippen LogP contribution in [-0.2, 0) is 9.59 Å². The first-order chi connectivity index (χ1) is 14.1. The smallest absolute Gasteiger partial charge is 0.229 e. The summed E-state index contributed by atoms with van der Waals surface area (Å²) in [6, 6.07) is 14.5. The molecule has 0 radical (unpaired) electrons. The summed E-state index contributed by atoms with van der Waals surface area (Å²) in [4.78, 5) is 26.9. The largest absolute Gasteiger partial charge is 0.495 e. The van der Waals surface area contributed by atoms with Gasteiger partial charge in [-0.1, -0.05) is 18.2 Å². The summed E-state index contributed by atoms with van der Waals surface area (Å²) in [5.41, 5.74) is 6.98. The molecular formula is C22H28ClN3O4. The number of methoxy groups -OCH3 is 1. The zero-order valence-corrected chi connectivity index (χ0v) is 17.8. The molecule has 1 atom stereocenters. The Labute approximate surface area is 182 Å². The lowest BCUT2D eigenvalue weighted by atomic mass is 9.96. The molecule has 162 valence electrons. The number of halogens is 1. The SMILES string of the molecule is COc1ccc(NC(=O)C2CCCN(C(=O)CCOc3ccccc3)C2)cc1N.Cl. The van der Waals surface area contributed by atoms with Crippen LogP contribution in [0.1, 0.15) is 19.3 Å². The van der Waals surface area contributed by atoms with Gasteiger partial charge in [0.25, 0.3) is 0 Å². The van der Waals surface area contributed by atoms with E-state index < -0.39 is 0 Å². The number of anilines is 2. The molecule has 0 saturated carbocycles. The van der Waals surface area contributed by atoms with Crippen LogP contribution in [0.25, 0.3) is 0 Å². The molecule has 1 heterocycles. The second-order valence-electron chi connectivity index (χ2n) is 7.04. The highest BCUT2D eigenvalue weighted by molar-refractivity contribution is 5.93. The molecule has 0 bridgehead atoms. The van der Waals surface area contributed by atoms with E-state index in [2.05, 4.69) is 5.32 Å². The summed E-state index contributed by atoms with van der Waals surface area (Å²) >= 11 is 0. The lowest BCUT2D eigenvalue weighted by Crippen LogP contribution is -2.44. The van der Waals surface area contributed by atoms with E-state index in [1.807, 2.05) is 30.3 Å². The fraction of sp³-hybridized carbons (Fsp3) is 0.364. The molecule has 8 heteroatoms. The van der Waals surface area contributed by atoms with Gasteiger partial charge in [0.05, 0.1) is 31.7 Å². The van der Waals surface area contributed by atoms with Crippen molar-refractivity contribution >= 4 is 35.6 Å². The van der Waals surface area contributed by atoms with E-state index in [-0.39, 0.29) is 36.6 Å². The minimum Gasteiger partial charge on any atom is -0.495 e. The Morgan fingerprint density at radius 2 is 1.97 bits per heavy atom. The van der Waals surface area contributed by atoms with Crippen LogP contribution in [0.15, 0.2) is 48.5 Å². The number of para-hydroxylation sites is 1. The van der Waals surface area contributed by atoms with Crippen LogP contribution in [-0.4, -0.2) is 43.5 Å². The lowest BCUT2D eigenvalue weighted by Gasteiger charge is -2.32. The first kappa shape index (κ1) is 23.3. The van der Waals surface area contributed by atoms with Crippen LogP contribution < -0.4 is 20.5 Å². The molecule has 2 aromatic rings. The Hall–Kier alpha value is -2.93. The molecule has 0 spiro atoms. The Morgan fingerprint density at radius 3 is 2.67 bits per heavy atom. The molecule has 1 saturated heterocycles. The summed E-state index contributed by atoms with van der Waals surface area (Å²) in [7, 11) is 1.54. The van der Waals surface area contributed by atoms with Gasteiger partial charge in [0.1, 0.15) is 11.5 Å². The van der Waals surface area contributed by atoms with Crippen LogP contribution in [0.5, 0.6) is 11.5 Å². The number of benzene rings is 2. The lowest BCUT2D eigenvalue weighted by molar-refractivity contribution is -0.135. The number of rotatable bonds is 7. The summed E-state index contributed by atoms with van der Waals surface area (Å²) in [5, 5.41) is 2.89. The van der Waals surface area contributed by atoms with Gasteiger partial charge in [-0.3, -0.25) is 9.59 Å². The van der Waals surface area contributed by atoms with E-state index in [0.29, 0.717) is 36.8 Å². The maximum atomic E-state index is 12.7. The van der Waals surface area contributed by atoms with E-state index in [0.717, 1.165) is 18.6 Å². The number of carbonyl (C=O) groups is 2. The highest BCUT2D eigenvalue weighted by Crippen LogP contribution is 2.26. The van der Waals surface area contributed by atoms with Crippen LogP contribution >= 0.6 is 12.4 Å². The summed E-state index contributed by atoms with van der Waals surface area (Å²) < 4.78 is 10.7. The van der Waals surface area contributed by atoms with Gasteiger partial charge in [-0.2, -0.15) is 0 Å². The first-order valence-corrected chi connectivity index (χ1v) is 9.77. The number of hydrogen-bond donors (Lipinski definition) is 2. The summed E-state index contributed by atoms with van der Waals surface area (Å²) in [5.74, 6) is 0.968. The van der Waals surface area contributed by atoms with Gasteiger partial charge < -0.3 is 25.4 Å². The van der Waals surface area contributed by atoms with Gasteiger partial charge in [-0.15, -0.1) is 12.4 Å². The third-order valence-corrected chi connectivity index (χ3v) is 4.97. The van der Waals surface area contributed by atoms with E-state index in [4.69, 9.17) is 15.2 Å². The Balaban J connectivity index is 0.00000320. The first-order valence-electron chi connectivity index (χ1n) is 9.77.